The summed E-state index contributed by atoms with van der Waals surface area (Å²) in [5.41, 5.74) is 1.59. The van der Waals surface area contributed by atoms with Crippen molar-refractivity contribution in [3.05, 3.63) is 94.3 Å². The van der Waals surface area contributed by atoms with Crippen LogP contribution in [0.5, 0.6) is 17.2 Å². The molecule has 0 saturated carbocycles. The zero-order valence-electron chi connectivity index (χ0n) is 19.8. The second-order valence-electron chi connectivity index (χ2n) is 8.46. The number of methoxy groups -OCH3 is 1. The number of aromatic amines is 1. The minimum absolute atomic E-state index is 0.0824. The molecule has 1 aromatic heterocycles. The Kier molecular flexibility index (Phi) is 6.67. The Morgan fingerprint density at radius 2 is 1.64 bits per heavy atom. The van der Waals surface area contributed by atoms with Crippen LogP contribution in [-0.2, 0) is 23.0 Å². The number of sulfonamides is 1. The van der Waals surface area contributed by atoms with Crippen molar-refractivity contribution < 1.29 is 22.6 Å². The number of ether oxygens (including phenoxy) is 3. The molecule has 0 spiro atoms. The summed E-state index contributed by atoms with van der Waals surface area (Å²) >= 11 is 0. The quantitative estimate of drug-likeness (QED) is 0.391. The zero-order chi connectivity index (χ0) is 25.1. The highest BCUT2D eigenvalue weighted by Gasteiger charge is 2.26. The molecule has 0 aliphatic carbocycles. The van der Waals surface area contributed by atoms with Gasteiger partial charge in [0.15, 0.2) is 11.5 Å². The van der Waals surface area contributed by atoms with Crippen LogP contribution in [0.2, 0.25) is 0 Å². The summed E-state index contributed by atoms with van der Waals surface area (Å²) in [6.45, 7) is 1.01. The number of aromatic nitrogens is 1. The molecule has 36 heavy (non-hydrogen) atoms. The molecule has 2 heterocycles. The minimum Gasteiger partial charge on any atom is -0.497 e. The SMILES string of the molecule is COc1ccc(S(=O)(=O)N(CCc2ccccc2)Cc2cc3cc4c(cc3[nH]c2=O)OCCO4)cc1. The van der Waals surface area contributed by atoms with Crippen LogP contribution in [0.3, 0.4) is 0 Å². The molecule has 186 valence electrons. The number of rotatable bonds is 8. The van der Waals surface area contributed by atoms with E-state index in [9.17, 15) is 13.2 Å². The molecule has 0 bridgehead atoms. The van der Waals surface area contributed by atoms with E-state index in [1.165, 1.54) is 23.5 Å². The summed E-state index contributed by atoms with van der Waals surface area (Å²) in [5, 5.41) is 0.735. The predicted octanol–water partition coefficient (Wildman–Crippen LogP) is 3.74. The summed E-state index contributed by atoms with van der Waals surface area (Å²) in [6.07, 6.45) is 0.500. The van der Waals surface area contributed by atoms with Gasteiger partial charge in [-0.25, -0.2) is 8.42 Å². The molecule has 5 rings (SSSR count). The second-order valence-corrected chi connectivity index (χ2v) is 10.4. The third-order valence-electron chi connectivity index (χ3n) is 6.12. The van der Waals surface area contributed by atoms with Gasteiger partial charge in [0.25, 0.3) is 5.56 Å². The first-order valence-electron chi connectivity index (χ1n) is 11.6. The molecule has 0 amide bonds. The maximum atomic E-state index is 13.7. The molecule has 1 N–H and O–H groups in total. The minimum atomic E-state index is -3.90. The van der Waals surface area contributed by atoms with Crippen molar-refractivity contribution in [2.24, 2.45) is 0 Å². The Bertz CT molecular complexity index is 1530. The molecule has 0 radical (unpaired) electrons. The molecule has 3 aromatic carbocycles. The smallest absolute Gasteiger partial charge is 0.252 e. The number of pyridine rings is 1. The summed E-state index contributed by atoms with van der Waals surface area (Å²) in [4.78, 5) is 16.0. The van der Waals surface area contributed by atoms with Crippen molar-refractivity contribution in [2.45, 2.75) is 17.9 Å². The van der Waals surface area contributed by atoms with Crippen molar-refractivity contribution in [1.29, 1.82) is 0 Å². The number of nitrogens with one attached hydrogen (secondary N) is 1. The van der Waals surface area contributed by atoms with Gasteiger partial charge in [-0.05, 0) is 48.4 Å². The van der Waals surface area contributed by atoms with Crippen molar-refractivity contribution in [2.75, 3.05) is 26.9 Å². The molecule has 8 nitrogen and oxygen atoms in total. The summed E-state index contributed by atoms with van der Waals surface area (Å²) in [7, 11) is -2.37. The topological polar surface area (TPSA) is 97.9 Å². The van der Waals surface area contributed by atoms with Gasteiger partial charge in [0.2, 0.25) is 10.0 Å². The Morgan fingerprint density at radius 3 is 2.33 bits per heavy atom. The van der Waals surface area contributed by atoms with Gasteiger partial charge < -0.3 is 19.2 Å². The molecular formula is C27H26N2O6S. The molecule has 1 aliphatic heterocycles. The third kappa shape index (κ3) is 4.93. The van der Waals surface area contributed by atoms with Crippen LogP contribution in [-0.4, -0.2) is 44.6 Å². The van der Waals surface area contributed by atoms with Gasteiger partial charge in [-0.3, -0.25) is 4.79 Å². The molecule has 1 aliphatic rings. The Hall–Kier alpha value is -3.82. The lowest BCUT2D eigenvalue weighted by atomic mass is 10.1. The fourth-order valence-electron chi connectivity index (χ4n) is 4.17. The fourth-order valence-corrected chi connectivity index (χ4v) is 5.59. The van der Waals surface area contributed by atoms with Gasteiger partial charge in [0.1, 0.15) is 19.0 Å². The first kappa shape index (κ1) is 23.9. The van der Waals surface area contributed by atoms with Crippen LogP contribution < -0.4 is 19.8 Å². The maximum absolute atomic E-state index is 13.7. The monoisotopic (exact) mass is 506 g/mol. The van der Waals surface area contributed by atoms with E-state index >= 15 is 0 Å². The lowest BCUT2D eigenvalue weighted by Gasteiger charge is -2.23. The van der Waals surface area contributed by atoms with E-state index in [1.807, 2.05) is 30.3 Å². The van der Waals surface area contributed by atoms with Crippen molar-refractivity contribution in [1.82, 2.24) is 9.29 Å². The van der Waals surface area contributed by atoms with E-state index < -0.39 is 10.0 Å². The standard InChI is InChI=1S/C27H26N2O6S/c1-33-22-7-9-23(10-8-22)36(31,32)29(12-11-19-5-3-2-4-6-19)18-21-15-20-16-25-26(35-14-13-34-25)17-24(20)28-27(21)30/h2-10,15-17H,11-14,18H2,1H3,(H,28,30). The molecule has 0 fully saturated rings. The number of hydrogen-bond acceptors (Lipinski definition) is 6. The van der Waals surface area contributed by atoms with Gasteiger partial charge >= 0.3 is 0 Å². The zero-order valence-corrected chi connectivity index (χ0v) is 20.6. The molecule has 0 atom stereocenters. The van der Waals surface area contributed by atoms with Crippen molar-refractivity contribution in [3.63, 3.8) is 0 Å². The van der Waals surface area contributed by atoms with Crippen LogP contribution in [0.15, 0.2) is 82.5 Å². The Morgan fingerprint density at radius 1 is 0.944 bits per heavy atom. The molecule has 9 heteroatoms. The largest absolute Gasteiger partial charge is 0.497 e. The summed E-state index contributed by atoms with van der Waals surface area (Å²) in [5.74, 6) is 1.73. The van der Waals surface area contributed by atoms with Gasteiger partial charge in [-0.15, -0.1) is 0 Å². The lowest BCUT2D eigenvalue weighted by molar-refractivity contribution is 0.172. The van der Waals surface area contributed by atoms with Crippen LogP contribution in [0.1, 0.15) is 11.1 Å². The summed E-state index contributed by atoms with van der Waals surface area (Å²) in [6, 6.07) is 21.1. The summed E-state index contributed by atoms with van der Waals surface area (Å²) < 4.78 is 45.1. The van der Waals surface area contributed by atoms with E-state index in [2.05, 4.69) is 4.98 Å². The number of fused-ring (bicyclic) bond motifs is 2. The van der Waals surface area contributed by atoms with Crippen LogP contribution in [0.4, 0.5) is 0 Å². The van der Waals surface area contributed by atoms with Gasteiger partial charge in [-0.1, -0.05) is 30.3 Å². The van der Waals surface area contributed by atoms with Gasteiger partial charge in [-0.2, -0.15) is 4.31 Å². The highest BCUT2D eigenvalue weighted by molar-refractivity contribution is 7.89. The van der Waals surface area contributed by atoms with E-state index in [0.29, 0.717) is 48.0 Å². The molecule has 0 unspecified atom stereocenters. The van der Waals surface area contributed by atoms with Crippen LogP contribution in [0, 0.1) is 0 Å². The molecular weight excluding hydrogens is 480 g/mol. The molecule has 4 aromatic rings. The highest BCUT2D eigenvalue weighted by atomic mass is 32.2. The normalized spacial score (nSPS) is 13.2. The average molecular weight is 507 g/mol. The van der Waals surface area contributed by atoms with Crippen LogP contribution >= 0.6 is 0 Å². The maximum Gasteiger partial charge on any atom is 0.252 e. The second kappa shape index (κ2) is 10.0. The van der Waals surface area contributed by atoms with E-state index in [0.717, 1.165) is 10.9 Å². The van der Waals surface area contributed by atoms with E-state index in [4.69, 9.17) is 14.2 Å². The first-order chi connectivity index (χ1) is 17.4. The van der Waals surface area contributed by atoms with E-state index in [1.54, 1.807) is 30.3 Å². The third-order valence-corrected chi connectivity index (χ3v) is 7.98. The Balaban J connectivity index is 1.50. The number of H-pyrrole nitrogens is 1. The predicted molar refractivity (Wildman–Crippen MR) is 136 cm³/mol. The number of benzene rings is 3. The van der Waals surface area contributed by atoms with Crippen molar-refractivity contribution >= 4 is 20.9 Å². The van der Waals surface area contributed by atoms with Crippen molar-refractivity contribution in [3.8, 4) is 17.2 Å². The van der Waals surface area contributed by atoms with E-state index in [-0.39, 0.29) is 23.5 Å². The van der Waals surface area contributed by atoms with Gasteiger partial charge in [0.05, 0.1) is 17.5 Å². The lowest BCUT2D eigenvalue weighted by Crippen LogP contribution is -2.34. The number of nitrogens with zero attached hydrogens (tertiary/aromatic N) is 1. The number of hydrogen-bond donors (Lipinski definition) is 1. The first-order valence-corrected chi connectivity index (χ1v) is 13.0. The molecule has 0 saturated heterocycles. The fraction of sp³-hybridized carbons (Fsp3) is 0.222. The average Bonchev–Trinajstić information content (AvgIpc) is 2.90. The Labute approximate surface area is 209 Å². The van der Waals surface area contributed by atoms with Gasteiger partial charge in [0, 0.05) is 30.1 Å². The highest BCUT2D eigenvalue weighted by Crippen LogP contribution is 2.34. The van der Waals surface area contributed by atoms with Crippen LogP contribution in [0.25, 0.3) is 10.9 Å².